The molecule has 0 saturated heterocycles. The third-order valence-corrected chi connectivity index (χ3v) is 4.18. The molecule has 2 rings (SSSR count). The highest BCUT2D eigenvalue weighted by Gasteiger charge is 2.17. The van der Waals surface area contributed by atoms with E-state index in [1.807, 2.05) is 10.7 Å². The highest BCUT2D eigenvalue weighted by atomic mass is 79.9. The molecule has 5 heteroatoms. The van der Waals surface area contributed by atoms with Crippen LogP contribution >= 0.6 is 15.9 Å². The Morgan fingerprint density at radius 2 is 2.10 bits per heavy atom. The molecule has 0 radical (unpaired) electrons. The molecule has 1 aromatic heterocycles. The van der Waals surface area contributed by atoms with Crippen molar-refractivity contribution in [2.45, 2.75) is 46.6 Å². The predicted octanol–water partition coefficient (Wildman–Crippen LogP) is 3.96. The fourth-order valence-electron chi connectivity index (χ4n) is 2.47. The summed E-state index contributed by atoms with van der Waals surface area (Å²) >= 11 is 3.53. The number of hydrogen-bond acceptors (Lipinski definition) is 3. The molecule has 0 spiro atoms. The van der Waals surface area contributed by atoms with E-state index < -0.39 is 0 Å². The van der Waals surface area contributed by atoms with Gasteiger partial charge in [0.1, 0.15) is 5.69 Å². The zero-order valence-corrected chi connectivity index (χ0v) is 14.7. The largest absolute Gasteiger partial charge is 0.309 e. The normalized spacial score (nSPS) is 12.6. The number of rotatable bonds is 6. The van der Waals surface area contributed by atoms with Crippen LogP contribution in [-0.2, 0) is 6.42 Å². The average Bonchev–Trinajstić information content (AvgIpc) is 2.86. The molecular formula is C16H23BrN4. The number of benzene rings is 1. The Hall–Kier alpha value is -1.20. The molecule has 21 heavy (non-hydrogen) atoms. The SMILES string of the molecule is CCCNC(C)c1nnn(-c2ccc(Br)cc2CC)c1C. The second-order valence-corrected chi connectivity index (χ2v) is 6.19. The molecule has 0 bridgehead atoms. The smallest absolute Gasteiger partial charge is 0.103 e. The number of nitrogens with zero attached hydrogens (tertiary/aromatic N) is 3. The van der Waals surface area contributed by atoms with E-state index in [1.165, 1.54) is 5.56 Å². The molecule has 0 amide bonds. The summed E-state index contributed by atoms with van der Waals surface area (Å²) in [6.07, 6.45) is 2.08. The molecule has 1 atom stereocenters. The quantitative estimate of drug-likeness (QED) is 0.857. The van der Waals surface area contributed by atoms with Gasteiger partial charge in [-0.05, 0) is 57.0 Å². The zero-order chi connectivity index (χ0) is 15.4. The van der Waals surface area contributed by atoms with Crippen molar-refractivity contribution < 1.29 is 0 Å². The van der Waals surface area contributed by atoms with Crippen molar-refractivity contribution in [3.8, 4) is 5.69 Å². The van der Waals surface area contributed by atoms with Crippen molar-refractivity contribution in [2.24, 2.45) is 0 Å². The van der Waals surface area contributed by atoms with E-state index in [0.717, 1.165) is 40.9 Å². The van der Waals surface area contributed by atoms with E-state index in [1.54, 1.807) is 0 Å². The van der Waals surface area contributed by atoms with Crippen LogP contribution in [-0.4, -0.2) is 21.5 Å². The molecule has 0 saturated carbocycles. The monoisotopic (exact) mass is 350 g/mol. The van der Waals surface area contributed by atoms with Crippen molar-refractivity contribution in [3.63, 3.8) is 0 Å². The van der Waals surface area contributed by atoms with Crippen molar-refractivity contribution in [2.75, 3.05) is 6.54 Å². The average molecular weight is 351 g/mol. The van der Waals surface area contributed by atoms with Crippen molar-refractivity contribution in [1.29, 1.82) is 0 Å². The first kappa shape index (κ1) is 16.2. The maximum absolute atomic E-state index is 4.38. The minimum atomic E-state index is 0.222. The Kier molecular flexibility index (Phi) is 5.53. The number of aryl methyl sites for hydroxylation is 1. The molecule has 0 aliphatic heterocycles. The van der Waals surface area contributed by atoms with Crippen LogP contribution in [0.2, 0.25) is 0 Å². The number of aromatic nitrogens is 3. The van der Waals surface area contributed by atoms with Gasteiger partial charge in [-0.3, -0.25) is 0 Å². The Morgan fingerprint density at radius 3 is 2.76 bits per heavy atom. The Balaban J connectivity index is 2.36. The molecule has 2 aromatic rings. The minimum absolute atomic E-state index is 0.222. The molecule has 0 aliphatic carbocycles. The lowest BCUT2D eigenvalue weighted by molar-refractivity contribution is 0.555. The minimum Gasteiger partial charge on any atom is -0.309 e. The van der Waals surface area contributed by atoms with Gasteiger partial charge in [-0.15, -0.1) is 5.10 Å². The summed E-state index contributed by atoms with van der Waals surface area (Å²) in [5.41, 5.74) is 4.49. The van der Waals surface area contributed by atoms with Crippen molar-refractivity contribution in [3.05, 3.63) is 39.6 Å². The first-order valence-electron chi connectivity index (χ1n) is 7.52. The van der Waals surface area contributed by atoms with Crippen LogP contribution in [0.4, 0.5) is 0 Å². The molecular weight excluding hydrogens is 328 g/mol. The standard InChI is InChI=1S/C16H23BrN4/c1-5-9-18-11(3)16-12(4)21(20-19-16)15-8-7-14(17)10-13(15)6-2/h7-8,10-11,18H,5-6,9H2,1-4H3. The predicted molar refractivity (Wildman–Crippen MR) is 89.9 cm³/mol. The number of nitrogens with one attached hydrogen (secondary N) is 1. The van der Waals surface area contributed by atoms with Crippen molar-refractivity contribution in [1.82, 2.24) is 20.3 Å². The van der Waals surface area contributed by atoms with E-state index in [9.17, 15) is 0 Å². The molecule has 0 aliphatic rings. The summed E-state index contributed by atoms with van der Waals surface area (Å²) in [6.45, 7) is 9.54. The van der Waals surface area contributed by atoms with E-state index in [0.29, 0.717) is 0 Å². The lowest BCUT2D eigenvalue weighted by Gasteiger charge is -2.13. The first-order chi connectivity index (χ1) is 10.1. The molecule has 1 N–H and O–H groups in total. The third-order valence-electron chi connectivity index (χ3n) is 3.69. The maximum Gasteiger partial charge on any atom is 0.103 e. The topological polar surface area (TPSA) is 42.7 Å². The van der Waals surface area contributed by atoms with Crippen LogP contribution in [0.15, 0.2) is 22.7 Å². The van der Waals surface area contributed by atoms with E-state index in [-0.39, 0.29) is 6.04 Å². The summed E-state index contributed by atoms with van der Waals surface area (Å²) in [5.74, 6) is 0. The van der Waals surface area contributed by atoms with Gasteiger partial charge in [0.15, 0.2) is 0 Å². The van der Waals surface area contributed by atoms with E-state index >= 15 is 0 Å². The Morgan fingerprint density at radius 1 is 1.33 bits per heavy atom. The van der Waals surface area contributed by atoms with Gasteiger partial charge in [-0.25, -0.2) is 4.68 Å². The molecule has 1 aromatic carbocycles. The van der Waals surface area contributed by atoms with Crippen LogP contribution in [0.25, 0.3) is 5.69 Å². The molecule has 114 valence electrons. The second kappa shape index (κ2) is 7.18. The highest BCUT2D eigenvalue weighted by Crippen LogP contribution is 2.23. The second-order valence-electron chi connectivity index (χ2n) is 5.27. The Labute approximate surface area is 135 Å². The van der Waals surface area contributed by atoms with Gasteiger partial charge in [0.05, 0.1) is 17.4 Å². The van der Waals surface area contributed by atoms with Gasteiger partial charge in [-0.1, -0.05) is 35.0 Å². The van der Waals surface area contributed by atoms with Gasteiger partial charge in [0, 0.05) is 4.47 Å². The van der Waals surface area contributed by atoms with Crippen LogP contribution in [0.3, 0.4) is 0 Å². The van der Waals surface area contributed by atoms with Crippen LogP contribution in [0.1, 0.15) is 50.2 Å². The maximum atomic E-state index is 4.38. The van der Waals surface area contributed by atoms with Gasteiger partial charge >= 0.3 is 0 Å². The number of halogens is 1. The summed E-state index contributed by atoms with van der Waals surface area (Å²) in [5, 5.41) is 12.2. The zero-order valence-electron chi connectivity index (χ0n) is 13.2. The summed E-state index contributed by atoms with van der Waals surface area (Å²) in [7, 11) is 0. The summed E-state index contributed by atoms with van der Waals surface area (Å²) < 4.78 is 3.05. The lowest BCUT2D eigenvalue weighted by Crippen LogP contribution is -2.20. The molecule has 4 nitrogen and oxygen atoms in total. The van der Waals surface area contributed by atoms with Crippen LogP contribution in [0.5, 0.6) is 0 Å². The summed E-state index contributed by atoms with van der Waals surface area (Å²) in [6, 6.07) is 6.51. The first-order valence-corrected chi connectivity index (χ1v) is 8.32. The van der Waals surface area contributed by atoms with Gasteiger partial charge in [0.2, 0.25) is 0 Å². The van der Waals surface area contributed by atoms with Gasteiger partial charge in [0.25, 0.3) is 0 Å². The van der Waals surface area contributed by atoms with Crippen LogP contribution < -0.4 is 5.32 Å². The van der Waals surface area contributed by atoms with Gasteiger partial charge in [-0.2, -0.15) is 0 Å². The Bertz CT molecular complexity index is 606. The fourth-order valence-corrected chi connectivity index (χ4v) is 2.88. The lowest BCUT2D eigenvalue weighted by atomic mass is 10.1. The molecule has 1 unspecified atom stereocenters. The molecule has 1 heterocycles. The fraction of sp³-hybridized carbons (Fsp3) is 0.500. The summed E-state index contributed by atoms with van der Waals surface area (Å²) in [4.78, 5) is 0. The van der Waals surface area contributed by atoms with Crippen LogP contribution in [0, 0.1) is 6.92 Å². The highest BCUT2D eigenvalue weighted by molar-refractivity contribution is 9.10. The van der Waals surface area contributed by atoms with E-state index in [4.69, 9.17) is 0 Å². The van der Waals surface area contributed by atoms with E-state index in [2.05, 4.69) is 71.4 Å². The third kappa shape index (κ3) is 3.52. The van der Waals surface area contributed by atoms with Gasteiger partial charge < -0.3 is 5.32 Å². The van der Waals surface area contributed by atoms with Crippen molar-refractivity contribution >= 4 is 15.9 Å². The number of hydrogen-bond donors (Lipinski definition) is 1. The molecule has 0 fully saturated rings.